The summed E-state index contributed by atoms with van der Waals surface area (Å²) in [5, 5.41) is 0. The van der Waals surface area contributed by atoms with Crippen molar-refractivity contribution >= 4 is 6.21 Å². The number of aliphatic imine (C=N–C) groups is 1. The Labute approximate surface area is 50.5 Å². The van der Waals surface area contributed by atoms with Crippen LogP contribution in [0.1, 0.15) is 0 Å². The zero-order valence-corrected chi connectivity index (χ0v) is 5.63. The van der Waals surface area contributed by atoms with Crippen LogP contribution in [0.5, 0.6) is 0 Å². The molecule has 2 heteroatoms. The highest BCUT2D eigenvalue weighted by Crippen LogP contribution is 1.72. The van der Waals surface area contributed by atoms with E-state index >= 15 is 0 Å². The van der Waals surface area contributed by atoms with Gasteiger partial charge in [0.05, 0.1) is 0 Å². The van der Waals surface area contributed by atoms with Crippen LogP contribution in [0.4, 0.5) is 0 Å². The largest absolute Gasteiger partial charge is 0.383 e. The fraction of sp³-hybridized carbons (Fsp3) is 0.500. The lowest BCUT2D eigenvalue weighted by Gasteiger charge is -2.00. The van der Waals surface area contributed by atoms with Crippen LogP contribution in [0, 0.1) is 0 Å². The number of allylic oxidation sites excluding steroid dienone is 1. The SMILES string of the molecule is CN=CC=CN(C)C. The molecule has 0 aliphatic heterocycles. The van der Waals surface area contributed by atoms with Gasteiger partial charge in [0.15, 0.2) is 0 Å². The van der Waals surface area contributed by atoms with Crippen LogP contribution < -0.4 is 0 Å². The van der Waals surface area contributed by atoms with E-state index in [1.807, 2.05) is 31.3 Å². The summed E-state index contributed by atoms with van der Waals surface area (Å²) in [6, 6.07) is 0. The molecular weight excluding hydrogens is 100 g/mol. The lowest BCUT2D eigenvalue weighted by atomic mass is 10.6. The summed E-state index contributed by atoms with van der Waals surface area (Å²) in [5.41, 5.74) is 0. The minimum Gasteiger partial charge on any atom is -0.383 e. The summed E-state index contributed by atoms with van der Waals surface area (Å²) in [4.78, 5) is 5.73. The molecule has 2 nitrogen and oxygen atoms in total. The van der Waals surface area contributed by atoms with Crippen molar-refractivity contribution in [2.75, 3.05) is 21.1 Å². The van der Waals surface area contributed by atoms with Gasteiger partial charge in [0.1, 0.15) is 0 Å². The molecule has 0 saturated heterocycles. The molecule has 0 aliphatic rings. The zero-order valence-electron chi connectivity index (χ0n) is 5.63. The lowest BCUT2D eigenvalue weighted by molar-refractivity contribution is 0.564. The fourth-order valence-corrected chi connectivity index (χ4v) is 0.297. The maximum absolute atomic E-state index is 3.77. The minimum absolute atomic E-state index is 1.75. The predicted octanol–water partition coefficient (Wildman–Crippen LogP) is 0.762. The van der Waals surface area contributed by atoms with Gasteiger partial charge in [-0.3, -0.25) is 4.99 Å². The van der Waals surface area contributed by atoms with Crippen molar-refractivity contribution in [1.29, 1.82) is 0 Å². The van der Waals surface area contributed by atoms with Crippen molar-refractivity contribution < 1.29 is 0 Å². The standard InChI is InChI=1S/C6H12N2/c1-7-5-4-6-8(2)3/h4-6H,1-3H3. The highest BCUT2D eigenvalue weighted by atomic mass is 15.0. The molecule has 0 heterocycles. The Morgan fingerprint density at radius 1 is 1.38 bits per heavy atom. The Morgan fingerprint density at radius 3 is 2.38 bits per heavy atom. The monoisotopic (exact) mass is 112 g/mol. The highest BCUT2D eigenvalue weighted by Gasteiger charge is 1.68. The second-order valence-corrected chi connectivity index (χ2v) is 1.71. The van der Waals surface area contributed by atoms with Crippen molar-refractivity contribution in [3.05, 3.63) is 12.3 Å². The van der Waals surface area contributed by atoms with Gasteiger partial charge in [-0.05, 0) is 6.08 Å². The average Bonchev–Trinajstić information content (AvgIpc) is 1.66. The van der Waals surface area contributed by atoms with Gasteiger partial charge in [-0.15, -0.1) is 0 Å². The number of rotatable bonds is 2. The molecule has 0 rings (SSSR count). The van der Waals surface area contributed by atoms with Crippen LogP contribution in [0.2, 0.25) is 0 Å². The fourth-order valence-electron chi connectivity index (χ4n) is 0.297. The molecule has 0 fully saturated rings. The topological polar surface area (TPSA) is 15.6 Å². The molecular formula is C6H12N2. The third-order valence-electron chi connectivity index (χ3n) is 0.619. The van der Waals surface area contributed by atoms with Crippen LogP contribution in [0.3, 0.4) is 0 Å². The van der Waals surface area contributed by atoms with Crippen LogP contribution in [-0.4, -0.2) is 32.3 Å². The van der Waals surface area contributed by atoms with Gasteiger partial charge in [-0.2, -0.15) is 0 Å². The van der Waals surface area contributed by atoms with Crippen molar-refractivity contribution in [3.63, 3.8) is 0 Å². The number of nitrogens with zero attached hydrogens (tertiary/aromatic N) is 2. The first kappa shape index (κ1) is 7.21. The van der Waals surface area contributed by atoms with E-state index in [1.54, 1.807) is 13.3 Å². The molecule has 0 aromatic heterocycles. The Balaban J connectivity index is 3.34. The summed E-state index contributed by atoms with van der Waals surface area (Å²) in [6.45, 7) is 0. The molecule has 0 saturated carbocycles. The van der Waals surface area contributed by atoms with E-state index in [2.05, 4.69) is 4.99 Å². The Morgan fingerprint density at radius 2 is 2.00 bits per heavy atom. The summed E-state index contributed by atoms with van der Waals surface area (Å²) in [6.07, 6.45) is 5.58. The second-order valence-electron chi connectivity index (χ2n) is 1.71. The quantitative estimate of drug-likeness (QED) is 0.481. The van der Waals surface area contributed by atoms with E-state index < -0.39 is 0 Å². The first-order valence-electron chi connectivity index (χ1n) is 2.52. The van der Waals surface area contributed by atoms with E-state index in [1.165, 1.54) is 0 Å². The third-order valence-corrected chi connectivity index (χ3v) is 0.619. The second kappa shape index (κ2) is 4.37. The molecule has 46 valence electrons. The van der Waals surface area contributed by atoms with Crippen molar-refractivity contribution in [3.8, 4) is 0 Å². The van der Waals surface area contributed by atoms with Crippen LogP contribution in [0.15, 0.2) is 17.3 Å². The molecule has 0 unspecified atom stereocenters. The predicted molar refractivity (Wildman–Crippen MR) is 37.2 cm³/mol. The summed E-state index contributed by atoms with van der Waals surface area (Å²) < 4.78 is 0. The number of hydrogen-bond donors (Lipinski definition) is 0. The van der Waals surface area contributed by atoms with Gasteiger partial charge in [0, 0.05) is 33.6 Å². The minimum atomic E-state index is 1.75. The van der Waals surface area contributed by atoms with Crippen molar-refractivity contribution in [2.24, 2.45) is 4.99 Å². The van der Waals surface area contributed by atoms with Gasteiger partial charge >= 0.3 is 0 Å². The van der Waals surface area contributed by atoms with Crippen molar-refractivity contribution in [1.82, 2.24) is 4.90 Å². The molecule has 0 N–H and O–H groups in total. The van der Waals surface area contributed by atoms with E-state index in [4.69, 9.17) is 0 Å². The molecule has 0 amide bonds. The molecule has 0 aromatic rings. The Bertz CT molecular complexity index is 92.7. The van der Waals surface area contributed by atoms with Crippen LogP contribution in [0.25, 0.3) is 0 Å². The molecule has 0 radical (unpaired) electrons. The molecule has 0 bridgehead atoms. The first-order valence-corrected chi connectivity index (χ1v) is 2.52. The normalized spacial score (nSPS) is 11.4. The Hall–Kier alpha value is -0.790. The van der Waals surface area contributed by atoms with Gasteiger partial charge in [0.25, 0.3) is 0 Å². The van der Waals surface area contributed by atoms with E-state index in [0.717, 1.165) is 0 Å². The maximum Gasteiger partial charge on any atom is 0.0277 e. The lowest BCUT2D eigenvalue weighted by Crippen LogP contribution is -1.99. The van der Waals surface area contributed by atoms with E-state index in [0.29, 0.717) is 0 Å². The summed E-state index contributed by atoms with van der Waals surface area (Å²) in [7, 11) is 5.69. The highest BCUT2D eigenvalue weighted by molar-refractivity contribution is 5.70. The van der Waals surface area contributed by atoms with E-state index in [-0.39, 0.29) is 0 Å². The first-order chi connectivity index (χ1) is 3.77. The summed E-state index contributed by atoms with van der Waals surface area (Å²) >= 11 is 0. The van der Waals surface area contributed by atoms with Crippen LogP contribution in [-0.2, 0) is 0 Å². The average molecular weight is 112 g/mol. The molecule has 0 atom stereocenters. The van der Waals surface area contributed by atoms with Crippen LogP contribution >= 0.6 is 0 Å². The smallest absolute Gasteiger partial charge is 0.0277 e. The molecule has 0 aromatic carbocycles. The van der Waals surface area contributed by atoms with Gasteiger partial charge < -0.3 is 4.90 Å². The Kier molecular flexibility index (Phi) is 3.94. The zero-order chi connectivity index (χ0) is 6.41. The maximum atomic E-state index is 3.77. The van der Waals surface area contributed by atoms with Crippen molar-refractivity contribution in [2.45, 2.75) is 0 Å². The third kappa shape index (κ3) is 5.21. The van der Waals surface area contributed by atoms with Gasteiger partial charge in [0.2, 0.25) is 0 Å². The van der Waals surface area contributed by atoms with E-state index in [9.17, 15) is 0 Å². The number of hydrogen-bond acceptors (Lipinski definition) is 2. The van der Waals surface area contributed by atoms with Gasteiger partial charge in [-0.25, -0.2) is 0 Å². The van der Waals surface area contributed by atoms with Gasteiger partial charge in [-0.1, -0.05) is 0 Å². The molecule has 8 heavy (non-hydrogen) atoms. The summed E-state index contributed by atoms with van der Waals surface area (Å²) in [5.74, 6) is 0. The molecule has 0 spiro atoms. The molecule has 0 aliphatic carbocycles.